The standard InChI is InChI=1S/C19H31O8P/c20-14-16-17(21)18(22)19(26-16)27-28(23,24)25-13-9-4-2-1-3-6-10-15-11-7-5-8-12-15/h5,7-8,11-12,16-22H,1-4,6,9-10,13-14H2,(H,23,24)/t16-,17-,18+,19+/m1/s1. The molecule has 0 radical (unpaired) electrons. The maximum Gasteiger partial charge on any atom is 0.474 e. The van der Waals surface area contributed by atoms with Gasteiger partial charge in [-0.05, 0) is 24.8 Å². The van der Waals surface area contributed by atoms with Crippen LogP contribution in [-0.4, -0.2) is 58.0 Å². The minimum Gasteiger partial charge on any atom is -0.394 e. The summed E-state index contributed by atoms with van der Waals surface area (Å²) >= 11 is 0. The number of unbranched alkanes of at least 4 members (excludes halogenated alkanes) is 5. The average Bonchev–Trinajstić information content (AvgIpc) is 2.94. The van der Waals surface area contributed by atoms with Crippen LogP contribution >= 0.6 is 7.82 Å². The summed E-state index contributed by atoms with van der Waals surface area (Å²) in [6.07, 6.45) is 1.46. The zero-order valence-electron chi connectivity index (χ0n) is 15.9. The van der Waals surface area contributed by atoms with E-state index in [9.17, 15) is 19.7 Å². The van der Waals surface area contributed by atoms with Crippen LogP contribution in [0.2, 0.25) is 0 Å². The highest BCUT2D eigenvalue weighted by atomic mass is 31.2. The Balaban J connectivity index is 1.51. The lowest BCUT2D eigenvalue weighted by Gasteiger charge is -2.19. The van der Waals surface area contributed by atoms with Crippen LogP contribution in [0.1, 0.15) is 44.1 Å². The van der Waals surface area contributed by atoms with Gasteiger partial charge in [-0.25, -0.2) is 4.57 Å². The third-order valence-electron chi connectivity index (χ3n) is 4.69. The van der Waals surface area contributed by atoms with Gasteiger partial charge in [0.05, 0.1) is 13.2 Å². The number of phosphoric ester groups is 1. The van der Waals surface area contributed by atoms with Crippen molar-refractivity contribution < 1.29 is 38.6 Å². The molecule has 4 N–H and O–H groups in total. The van der Waals surface area contributed by atoms with Crippen molar-refractivity contribution in [1.82, 2.24) is 0 Å². The number of hydrogen-bond acceptors (Lipinski definition) is 7. The summed E-state index contributed by atoms with van der Waals surface area (Å²) in [7, 11) is -4.42. The molecule has 1 aliphatic heterocycles. The summed E-state index contributed by atoms with van der Waals surface area (Å²) < 4.78 is 26.5. The first-order valence-corrected chi connectivity index (χ1v) is 11.2. The van der Waals surface area contributed by atoms with E-state index in [-0.39, 0.29) is 6.61 Å². The quantitative estimate of drug-likeness (QED) is 0.284. The smallest absolute Gasteiger partial charge is 0.394 e. The summed E-state index contributed by atoms with van der Waals surface area (Å²) in [4.78, 5) is 9.69. The maximum absolute atomic E-state index is 11.9. The molecule has 0 aromatic heterocycles. The zero-order valence-corrected chi connectivity index (χ0v) is 16.8. The van der Waals surface area contributed by atoms with Crippen molar-refractivity contribution in [3.05, 3.63) is 35.9 Å². The normalized spacial score (nSPS) is 27.0. The number of aliphatic hydroxyl groups is 3. The lowest BCUT2D eigenvalue weighted by Crippen LogP contribution is -2.34. The van der Waals surface area contributed by atoms with Crippen molar-refractivity contribution in [2.75, 3.05) is 13.2 Å². The molecular weight excluding hydrogens is 387 g/mol. The Kier molecular flexibility index (Phi) is 10.0. The van der Waals surface area contributed by atoms with Gasteiger partial charge < -0.3 is 24.9 Å². The number of hydrogen-bond donors (Lipinski definition) is 4. The summed E-state index contributed by atoms with van der Waals surface area (Å²) in [5.41, 5.74) is 1.35. The Morgan fingerprint density at radius 2 is 1.61 bits per heavy atom. The second-order valence-corrected chi connectivity index (χ2v) is 8.38. The van der Waals surface area contributed by atoms with Crippen LogP contribution < -0.4 is 0 Å². The third-order valence-corrected chi connectivity index (χ3v) is 5.68. The van der Waals surface area contributed by atoms with E-state index in [1.54, 1.807) is 0 Å². The molecule has 8 nitrogen and oxygen atoms in total. The van der Waals surface area contributed by atoms with E-state index in [1.807, 2.05) is 18.2 Å². The fraction of sp³-hybridized carbons (Fsp3) is 0.684. The molecule has 0 saturated carbocycles. The molecule has 2 rings (SSSR count). The lowest BCUT2D eigenvalue weighted by atomic mass is 10.1. The maximum atomic E-state index is 11.9. The van der Waals surface area contributed by atoms with E-state index in [0.717, 1.165) is 38.5 Å². The van der Waals surface area contributed by atoms with Crippen LogP contribution in [0.15, 0.2) is 30.3 Å². The van der Waals surface area contributed by atoms with Crippen molar-refractivity contribution in [2.24, 2.45) is 0 Å². The molecule has 0 bridgehead atoms. The minimum absolute atomic E-state index is 0.0482. The largest absolute Gasteiger partial charge is 0.474 e. The van der Waals surface area contributed by atoms with Crippen molar-refractivity contribution in [2.45, 2.75) is 69.5 Å². The van der Waals surface area contributed by atoms with Crippen LogP contribution in [0.3, 0.4) is 0 Å². The molecule has 0 amide bonds. The van der Waals surface area contributed by atoms with Gasteiger partial charge in [0, 0.05) is 0 Å². The van der Waals surface area contributed by atoms with E-state index in [2.05, 4.69) is 12.1 Å². The minimum atomic E-state index is -4.42. The van der Waals surface area contributed by atoms with Crippen LogP contribution in [0.4, 0.5) is 0 Å². The van der Waals surface area contributed by atoms with E-state index < -0.39 is 39.0 Å². The summed E-state index contributed by atoms with van der Waals surface area (Å²) in [5.74, 6) is 0. The highest BCUT2D eigenvalue weighted by Crippen LogP contribution is 2.46. The molecule has 1 heterocycles. The van der Waals surface area contributed by atoms with E-state index in [1.165, 1.54) is 5.56 Å². The number of benzene rings is 1. The van der Waals surface area contributed by atoms with Crippen molar-refractivity contribution in [3.63, 3.8) is 0 Å². The predicted octanol–water partition coefficient (Wildman–Crippen LogP) is 2.14. The van der Waals surface area contributed by atoms with Crippen molar-refractivity contribution >= 4 is 7.82 Å². The van der Waals surface area contributed by atoms with Gasteiger partial charge in [-0.2, -0.15) is 0 Å². The molecule has 160 valence electrons. The number of ether oxygens (including phenoxy) is 1. The fourth-order valence-corrected chi connectivity index (χ4v) is 3.93. The molecule has 1 unspecified atom stereocenters. The summed E-state index contributed by atoms with van der Waals surface area (Å²) in [5, 5.41) is 28.3. The molecule has 9 heteroatoms. The van der Waals surface area contributed by atoms with E-state index in [4.69, 9.17) is 18.9 Å². The second-order valence-electron chi connectivity index (χ2n) is 6.97. The first-order valence-electron chi connectivity index (χ1n) is 9.75. The zero-order chi connectivity index (χ0) is 20.4. The number of aryl methyl sites for hydroxylation is 1. The number of phosphoric acid groups is 1. The highest BCUT2D eigenvalue weighted by molar-refractivity contribution is 7.47. The SMILES string of the molecule is O=P(O)(OCCCCCCCCc1ccccc1)O[C@@H]1O[C@H](CO)[C@@H](O)[C@@H]1O. The summed E-state index contributed by atoms with van der Waals surface area (Å²) in [6, 6.07) is 10.4. The van der Waals surface area contributed by atoms with Gasteiger partial charge in [-0.1, -0.05) is 56.0 Å². The fourth-order valence-electron chi connectivity index (χ4n) is 3.08. The van der Waals surface area contributed by atoms with E-state index in [0.29, 0.717) is 6.42 Å². The highest BCUT2D eigenvalue weighted by Gasteiger charge is 2.46. The van der Waals surface area contributed by atoms with Crippen LogP contribution in [-0.2, 0) is 24.8 Å². The van der Waals surface area contributed by atoms with Gasteiger partial charge >= 0.3 is 7.82 Å². The Bertz CT molecular complexity index is 599. The topological polar surface area (TPSA) is 126 Å². The Morgan fingerprint density at radius 3 is 2.25 bits per heavy atom. The molecule has 0 aliphatic carbocycles. The lowest BCUT2D eigenvalue weighted by molar-refractivity contribution is -0.128. The number of rotatable bonds is 13. The average molecular weight is 418 g/mol. The molecular formula is C19H31O8P. The van der Waals surface area contributed by atoms with Gasteiger partial charge in [0.2, 0.25) is 0 Å². The van der Waals surface area contributed by atoms with Gasteiger partial charge in [0.15, 0.2) is 6.29 Å². The third kappa shape index (κ3) is 7.89. The predicted molar refractivity (Wildman–Crippen MR) is 102 cm³/mol. The monoisotopic (exact) mass is 418 g/mol. The molecule has 1 aliphatic rings. The first kappa shape index (κ1) is 23.4. The van der Waals surface area contributed by atoms with Crippen LogP contribution in [0, 0.1) is 0 Å². The van der Waals surface area contributed by atoms with Gasteiger partial charge in [0.1, 0.15) is 18.3 Å². The Hall–Kier alpha value is -0.830. The molecule has 28 heavy (non-hydrogen) atoms. The molecule has 1 saturated heterocycles. The number of aliphatic hydroxyl groups excluding tert-OH is 3. The second kappa shape index (κ2) is 12.0. The van der Waals surface area contributed by atoms with Gasteiger partial charge in [-0.3, -0.25) is 9.05 Å². The Morgan fingerprint density at radius 1 is 0.964 bits per heavy atom. The Labute approximate surface area is 165 Å². The summed E-state index contributed by atoms with van der Waals surface area (Å²) in [6.45, 7) is -0.493. The van der Waals surface area contributed by atoms with E-state index >= 15 is 0 Å². The molecule has 1 aromatic rings. The van der Waals surface area contributed by atoms with Crippen LogP contribution in [0.25, 0.3) is 0 Å². The first-order chi connectivity index (χ1) is 13.4. The van der Waals surface area contributed by atoms with Crippen molar-refractivity contribution in [1.29, 1.82) is 0 Å². The molecule has 1 aromatic carbocycles. The van der Waals surface area contributed by atoms with Gasteiger partial charge in [0.25, 0.3) is 0 Å². The molecule has 5 atom stereocenters. The van der Waals surface area contributed by atoms with Gasteiger partial charge in [-0.15, -0.1) is 0 Å². The molecule has 1 fully saturated rings. The van der Waals surface area contributed by atoms with Crippen LogP contribution in [0.5, 0.6) is 0 Å². The van der Waals surface area contributed by atoms with Crippen molar-refractivity contribution in [3.8, 4) is 0 Å². The molecule has 0 spiro atoms.